The minimum Gasteiger partial charge on any atom is -0.481 e. The highest BCUT2D eigenvalue weighted by molar-refractivity contribution is 6.06. The van der Waals surface area contributed by atoms with Crippen LogP contribution in [0.3, 0.4) is 0 Å². The molecule has 0 saturated heterocycles. The Morgan fingerprint density at radius 1 is 1.13 bits per heavy atom. The van der Waals surface area contributed by atoms with Crippen LogP contribution < -0.4 is 10.1 Å². The van der Waals surface area contributed by atoms with Crippen LogP contribution in [0.4, 0.5) is 10.1 Å². The number of carbonyl (C=O) groups is 2. The van der Waals surface area contributed by atoms with Gasteiger partial charge in [-0.3, -0.25) is 4.79 Å². The first-order valence-corrected chi connectivity index (χ1v) is 9.55. The predicted octanol–water partition coefficient (Wildman–Crippen LogP) is 4.41. The zero-order valence-corrected chi connectivity index (χ0v) is 17.0. The molecular formula is C23H23FN2O4. The number of aryl methyl sites for hydroxylation is 1. The number of nitrogens with one attached hydrogen (secondary N) is 1. The average Bonchev–Trinajstić information content (AvgIpc) is 3.04. The van der Waals surface area contributed by atoms with Crippen LogP contribution in [0.1, 0.15) is 24.3 Å². The van der Waals surface area contributed by atoms with Gasteiger partial charge in [0.1, 0.15) is 11.6 Å². The summed E-state index contributed by atoms with van der Waals surface area (Å²) >= 11 is 0. The van der Waals surface area contributed by atoms with Crippen LogP contribution in [0, 0.1) is 5.82 Å². The number of benzene rings is 2. The van der Waals surface area contributed by atoms with E-state index in [9.17, 15) is 14.0 Å². The van der Waals surface area contributed by atoms with E-state index in [-0.39, 0.29) is 18.0 Å². The average molecular weight is 410 g/mol. The Kier molecular flexibility index (Phi) is 6.51. The Morgan fingerprint density at radius 2 is 1.87 bits per heavy atom. The van der Waals surface area contributed by atoms with Gasteiger partial charge in [-0.2, -0.15) is 0 Å². The number of ether oxygens (including phenoxy) is 2. The molecule has 0 saturated carbocycles. The third-order valence-electron chi connectivity index (χ3n) is 4.46. The van der Waals surface area contributed by atoms with Crippen molar-refractivity contribution in [2.45, 2.75) is 20.0 Å². The summed E-state index contributed by atoms with van der Waals surface area (Å²) in [4.78, 5) is 25.4. The van der Waals surface area contributed by atoms with Gasteiger partial charge >= 0.3 is 5.97 Å². The molecule has 1 atom stereocenters. The first-order valence-electron chi connectivity index (χ1n) is 9.55. The van der Waals surface area contributed by atoms with E-state index in [1.165, 1.54) is 12.1 Å². The number of esters is 1. The van der Waals surface area contributed by atoms with Crippen molar-refractivity contribution in [2.75, 3.05) is 11.9 Å². The standard InChI is InChI=1S/C23H23FN2O4/c1-4-29-23(28)21-20(19(14-26(21)3)16-9-8-10-17(24)13-16)25-22(27)15(2)30-18-11-6-5-7-12-18/h5-15H,4H2,1-3H3,(H,25,27). The molecule has 0 aliphatic heterocycles. The number of para-hydroxylation sites is 1. The van der Waals surface area contributed by atoms with Crippen molar-refractivity contribution >= 4 is 17.6 Å². The fourth-order valence-corrected chi connectivity index (χ4v) is 3.06. The lowest BCUT2D eigenvalue weighted by Crippen LogP contribution is -2.31. The van der Waals surface area contributed by atoms with Crippen LogP contribution in [0.15, 0.2) is 60.8 Å². The van der Waals surface area contributed by atoms with Crippen LogP contribution in [-0.2, 0) is 16.6 Å². The summed E-state index contributed by atoms with van der Waals surface area (Å²) in [6.07, 6.45) is 0.822. The van der Waals surface area contributed by atoms with Crippen LogP contribution in [-0.4, -0.2) is 29.2 Å². The number of carbonyl (C=O) groups excluding carboxylic acids is 2. The van der Waals surface area contributed by atoms with Crippen molar-refractivity contribution in [1.82, 2.24) is 4.57 Å². The van der Waals surface area contributed by atoms with Crippen LogP contribution in [0.2, 0.25) is 0 Å². The lowest BCUT2D eigenvalue weighted by molar-refractivity contribution is -0.122. The molecule has 0 fully saturated rings. The van der Waals surface area contributed by atoms with E-state index in [2.05, 4.69) is 5.32 Å². The molecule has 1 N–H and O–H groups in total. The summed E-state index contributed by atoms with van der Waals surface area (Å²) in [5.41, 5.74) is 1.43. The maximum atomic E-state index is 13.8. The number of hydrogen-bond acceptors (Lipinski definition) is 4. The summed E-state index contributed by atoms with van der Waals surface area (Å²) in [6.45, 7) is 3.49. The molecule has 156 valence electrons. The first-order chi connectivity index (χ1) is 14.4. The molecule has 0 aliphatic rings. The zero-order chi connectivity index (χ0) is 21.7. The highest BCUT2D eigenvalue weighted by Crippen LogP contribution is 2.34. The lowest BCUT2D eigenvalue weighted by atomic mass is 10.1. The highest BCUT2D eigenvalue weighted by atomic mass is 19.1. The van der Waals surface area contributed by atoms with Crippen molar-refractivity contribution in [3.63, 3.8) is 0 Å². The number of amides is 1. The smallest absolute Gasteiger partial charge is 0.357 e. The van der Waals surface area contributed by atoms with Crippen molar-refractivity contribution in [3.05, 3.63) is 72.3 Å². The second-order valence-electron chi connectivity index (χ2n) is 6.67. The maximum absolute atomic E-state index is 13.8. The predicted molar refractivity (Wildman–Crippen MR) is 112 cm³/mol. The normalized spacial score (nSPS) is 11.6. The van der Waals surface area contributed by atoms with E-state index in [0.29, 0.717) is 16.9 Å². The van der Waals surface area contributed by atoms with Crippen molar-refractivity contribution < 1.29 is 23.5 Å². The number of aromatic nitrogens is 1. The van der Waals surface area contributed by atoms with E-state index in [4.69, 9.17) is 9.47 Å². The van der Waals surface area contributed by atoms with Gasteiger partial charge < -0.3 is 19.4 Å². The van der Waals surface area contributed by atoms with Crippen LogP contribution >= 0.6 is 0 Å². The van der Waals surface area contributed by atoms with E-state index >= 15 is 0 Å². The van der Waals surface area contributed by atoms with Crippen LogP contribution in [0.5, 0.6) is 5.75 Å². The number of nitrogens with zero attached hydrogens (tertiary/aromatic N) is 1. The van der Waals surface area contributed by atoms with E-state index in [1.807, 2.05) is 6.07 Å². The third kappa shape index (κ3) is 4.68. The summed E-state index contributed by atoms with van der Waals surface area (Å²) in [5.74, 6) is -0.917. The van der Waals surface area contributed by atoms with E-state index in [0.717, 1.165) is 0 Å². The van der Waals surface area contributed by atoms with Crippen molar-refractivity contribution in [2.24, 2.45) is 7.05 Å². The molecule has 1 unspecified atom stereocenters. The summed E-state index contributed by atoms with van der Waals surface area (Å²) in [7, 11) is 1.66. The number of halogens is 1. The summed E-state index contributed by atoms with van der Waals surface area (Å²) in [6, 6.07) is 14.9. The molecule has 0 radical (unpaired) electrons. The molecule has 3 rings (SSSR count). The van der Waals surface area contributed by atoms with Gasteiger partial charge in [-0.1, -0.05) is 30.3 Å². The zero-order valence-electron chi connectivity index (χ0n) is 17.0. The number of rotatable bonds is 7. The topological polar surface area (TPSA) is 69.6 Å². The first kappa shape index (κ1) is 21.1. The summed E-state index contributed by atoms with van der Waals surface area (Å²) < 4.78 is 26.2. The molecule has 1 amide bonds. The van der Waals surface area contributed by atoms with Gasteiger partial charge in [0.2, 0.25) is 0 Å². The highest BCUT2D eigenvalue weighted by Gasteiger charge is 2.26. The number of anilines is 1. The molecular weight excluding hydrogens is 387 g/mol. The van der Waals surface area contributed by atoms with Gasteiger partial charge in [-0.05, 0) is 43.7 Å². The summed E-state index contributed by atoms with van der Waals surface area (Å²) in [5, 5.41) is 2.77. The molecule has 7 heteroatoms. The van der Waals surface area contributed by atoms with Gasteiger partial charge in [0.15, 0.2) is 11.8 Å². The minimum absolute atomic E-state index is 0.163. The molecule has 0 bridgehead atoms. The van der Waals surface area contributed by atoms with Gasteiger partial charge in [-0.25, -0.2) is 9.18 Å². The molecule has 6 nitrogen and oxygen atoms in total. The van der Waals surface area contributed by atoms with Gasteiger partial charge in [-0.15, -0.1) is 0 Å². The van der Waals surface area contributed by atoms with Crippen molar-refractivity contribution in [3.8, 4) is 16.9 Å². The molecule has 2 aromatic carbocycles. The molecule has 1 aromatic heterocycles. The fourth-order valence-electron chi connectivity index (χ4n) is 3.06. The SMILES string of the molecule is CCOC(=O)c1c(NC(=O)C(C)Oc2ccccc2)c(-c2cccc(F)c2)cn1C. The molecule has 30 heavy (non-hydrogen) atoms. The van der Waals surface area contributed by atoms with Gasteiger partial charge in [0.25, 0.3) is 5.91 Å². The molecule has 0 spiro atoms. The lowest BCUT2D eigenvalue weighted by Gasteiger charge is -2.16. The molecule has 0 aliphatic carbocycles. The third-order valence-corrected chi connectivity index (χ3v) is 4.46. The van der Waals surface area contributed by atoms with E-state index < -0.39 is 23.8 Å². The molecule has 1 heterocycles. The van der Waals surface area contributed by atoms with Gasteiger partial charge in [0.05, 0.1) is 12.3 Å². The largest absolute Gasteiger partial charge is 0.481 e. The Hall–Kier alpha value is -3.61. The monoisotopic (exact) mass is 410 g/mol. The Labute approximate surface area is 174 Å². The van der Waals surface area contributed by atoms with E-state index in [1.54, 1.807) is 68.1 Å². The quantitative estimate of drug-likeness (QED) is 0.586. The maximum Gasteiger partial charge on any atom is 0.357 e. The van der Waals surface area contributed by atoms with Gasteiger partial charge in [0, 0.05) is 18.8 Å². The fraction of sp³-hybridized carbons (Fsp3) is 0.217. The second kappa shape index (κ2) is 9.26. The number of hydrogen-bond donors (Lipinski definition) is 1. The Balaban J connectivity index is 1.96. The Bertz CT molecular complexity index is 1050. The van der Waals surface area contributed by atoms with Crippen molar-refractivity contribution in [1.29, 1.82) is 0 Å². The van der Waals surface area contributed by atoms with Crippen LogP contribution in [0.25, 0.3) is 11.1 Å². The molecule has 3 aromatic rings. The minimum atomic E-state index is -0.831. The second-order valence-corrected chi connectivity index (χ2v) is 6.67. The Morgan fingerprint density at radius 3 is 2.53 bits per heavy atom.